The van der Waals surface area contributed by atoms with Gasteiger partial charge in [0.2, 0.25) is 11.8 Å². The summed E-state index contributed by atoms with van der Waals surface area (Å²) in [6.07, 6.45) is 5.35. The number of aromatic nitrogens is 1. The van der Waals surface area contributed by atoms with Crippen LogP contribution < -0.4 is 5.32 Å². The van der Waals surface area contributed by atoms with Crippen molar-refractivity contribution in [2.75, 3.05) is 38.5 Å². The van der Waals surface area contributed by atoms with E-state index in [2.05, 4.69) is 16.4 Å². The van der Waals surface area contributed by atoms with E-state index in [9.17, 15) is 9.59 Å². The lowest BCUT2D eigenvalue weighted by atomic mass is 9.91. The first-order valence-electron chi connectivity index (χ1n) is 8.36. The number of hydrogen-bond acceptors (Lipinski definition) is 4. The molecule has 0 spiro atoms. The molecule has 0 saturated carbocycles. The molecule has 23 heavy (non-hydrogen) atoms. The van der Waals surface area contributed by atoms with Gasteiger partial charge < -0.3 is 15.1 Å². The summed E-state index contributed by atoms with van der Waals surface area (Å²) in [5, 5.41) is 3.06. The normalized spacial score (nSPS) is 21.6. The smallest absolute Gasteiger partial charge is 0.242 e. The van der Waals surface area contributed by atoms with Gasteiger partial charge in [-0.3, -0.25) is 9.59 Å². The Morgan fingerprint density at radius 1 is 1.39 bits per heavy atom. The van der Waals surface area contributed by atoms with Gasteiger partial charge in [0, 0.05) is 45.2 Å². The first-order chi connectivity index (χ1) is 11.2. The number of nitrogens with one attached hydrogen (secondary N) is 1. The van der Waals surface area contributed by atoms with E-state index >= 15 is 0 Å². The van der Waals surface area contributed by atoms with Crippen molar-refractivity contribution in [3.63, 3.8) is 0 Å². The monoisotopic (exact) mass is 316 g/mol. The summed E-state index contributed by atoms with van der Waals surface area (Å²) < 4.78 is 0. The quantitative estimate of drug-likeness (QED) is 0.913. The molecule has 6 nitrogen and oxygen atoms in total. The topological polar surface area (TPSA) is 65.5 Å². The van der Waals surface area contributed by atoms with Gasteiger partial charge in [-0.05, 0) is 37.0 Å². The predicted octanol–water partition coefficient (Wildman–Crippen LogP) is 1.45. The fraction of sp³-hybridized carbons (Fsp3) is 0.588. The van der Waals surface area contributed by atoms with Gasteiger partial charge in [0.25, 0.3) is 0 Å². The van der Waals surface area contributed by atoms with Crippen LogP contribution in [0.25, 0.3) is 0 Å². The molecule has 6 heteroatoms. The number of pyridine rings is 1. The zero-order chi connectivity index (χ0) is 16.2. The number of rotatable bonds is 4. The third-order valence-corrected chi connectivity index (χ3v) is 4.78. The van der Waals surface area contributed by atoms with Gasteiger partial charge in [0.15, 0.2) is 0 Å². The van der Waals surface area contributed by atoms with E-state index in [1.807, 2.05) is 24.2 Å². The molecule has 2 fully saturated rings. The van der Waals surface area contributed by atoms with Crippen LogP contribution in [0.5, 0.6) is 0 Å². The molecular weight excluding hydrogens is 292 g/mol. The van der Waals surface area contributed by atoms with E-state index < -0.39 is 0 Å². The van der Waals surface area contributed by atoms with Crippen LogP contribution in [-0.4, -0.2) is 59.8 Å². The van der Waals surface area contributed by atoms with Crippen LogP contribution in [0.15, 0.2) is 18.3 Å². The number of anilines is 1. The first-order valence-corrected chi connectivity index (χ1v) is 8.36. The molecule has 2 amide bonds. The summed E-state index contributed by atoms with van der Waals surface area (Å²) in [6, 6.07) is 4.09. The SMILES string of the molecule is CNc1cc(C2CCCN(C(=O)CN3CCCC3=O)C2)ccn1. The minimum atomic E-state index is 0.0767. The van der Waals surface area contributed by atoms with Crippen molar-refractivity contribution in [1.29, 1.82) is 0 Å². The number of piperidine rings is 1. The molecule has 2 aliphatic heterocycles. The van der Waals surface area contributed by atoms with Crippen molar-refractivity contribution in [3.8, 4) is 0 Å². The van der Waals surface area contributed by atoms with E-state index in [1.54, 1.807) is 4.90 Å². The number of hydrogen-bond donors (Lipinski definition) is 1. The second-order valence-corrected chi connectivity index (χ2v) is 6.32. The maximum atomic E-state index is 12.5. The third kappa shape index (κ3) is 3.63. The molecule has 3 heterocycles. The first kappa shape index (κ1) is 15.8. The van der Waals surface area contributed by atoms with Crippen LogP contribution in [0.2, 0.25) is 0 Å². The van der Waals surface area contributed by atoms with Crippen molar-refractivity contribution in [2.24, 2.45) is 0 Å². The van der Waals surface area contributed by atoms with Crippen molar-refractivity contribution >= 4 is 17.6 Å². The van der Waals surface area contributed by atoms with Crippen LogP contribution in [-0.2, 0) is 9.59 Å². The van der Waals surface area contributed by atoms with Gasteiger partial charge in [-0.1, -0.05) is 0 Å². The Morgan fingerprint density at radius 3 is 3.00 bits per heavy atom. The Kier molecular flexibility index (Phi) is 4.79. The Morgan fingerprint density at radius 2 is 2.26 bits per heavy atom. The maximum Gasteiger partial charge on any atom is 0.242 e. The molecule has 0 aromatic carbocycles. The van der Waals surface area contributed by atoms with Gasteiger partial charge in [0.05, 0.1) is 6.54 Å². The van der Waals surface area contributed by atoms with E-state index in [1.165, 1.54) is 5.56 Å². The van der Waals surface area contributed by atoms with E-state index in [0.29, 0.717) is 12.3 Å². The van der Waals surface area contributed by atoms with Crippen molar-refractivity contribution in [3.05, 3.63) is 23.9 Å². The molecule has 1 aromatic rings. The highest BCUT2D eigenvalue weighted by atomic mass is 16.2. The summed E-state index contributed by atoms with van der Waals surface area (Å²) in [7, 11) is 1.86. The molecule has 0 radical (unpaired) electrons. The average molecular weight is 316 g/mol. The van der Waals surface area contributed by atoms with Crippen molar-refractivity contribution in [2.45, 2.75) is 31.6 Å². The zero-order valence-corrected chi connectivity index (χ0v) is 13.6. The van der Waals surface area contributed by atoms with Crippen LogP contribution in [0.3, 0.4) is 0 Å². The number of carbonyl (C=O) groups excluding carboxylic acids is 2. The molecule has 1 atom stereocenters. The lowest BCUT2D eigenvalue weighted by molar-refractivity contribution is -0.139. The third-order valence-electron chi connectivity index (χ3n) is 4.78. The minimum absolute atomic E-state index is 0.0767. The van der Waals surface area contributed by atoms with E-state index in [4.69, 9.17) is 0 Å². The minimum Gasteiger partial charge on any atom is -0.373 e. The summed E-state index contributed by atoms with van der Waals surface area (Å²) in [4.78, 5) is 32.1. The van der Waals surface area contributed by atoms with Crippen molar-refractivity contribution < 1.29 is 9.59 Å². The predicted molar refractivity (Wildman–Crippen MR) is 88.2 cm³/mol. The van der Waals surface area contributed by atoms with Gasteiger partial charge >= 0.3 is 0 Å². The van der Waals surface area contributed by atoms with Crippen LogP contribution in [0.1, 0.15) is 37.2 Å². The maximum absolute atomic E-state index is 12.5. The molecule has 3 rings (SSSR count). The zero-order valence-electron chi connectivity index (χ0n) is 13.6. The average Bonchev–Trinajstić information content (AvgIpc) is 3.00. The second kappa shape index (κ2) is 6.98. The Hall–Kier alpha value is -2.11. The standard InChI is InChI=1S/C17H24N4O2/c1-18-15-10-13(6-7-19-15)14-4-2-8-20(11-14)17(23)12-21-9-3-5-16(21)22/h6-7,10,14H,2-5,8-9,11-12H2,1H3,(H,18,19). The number of nitrogens with zero attached hydrogens (tertiary/aromatic N) is 3. The number of carbonyl (C=O) groups is 2. The second-order valence-electron chi connectivity index (χ2n) is 6.32. The summed E-state index contributed by atoms with van der Waals surface area (Å²) in [6.45, 7) is 2.48. The van der Waals surface area contributed by atoms with E-state index in [0.717, 1.165) is 44.7 Å². The molecule has 0 bridgehead atoms. The van der Waals surface area contributed by atoms with Crippen LogP contribution >= 0.6 is 0 Å². The summed E-state index contributed by atoms with van der Waals surface area (Å²) in [5.41, 5.74) is 1.22. The Balaban J connectivity index is 1.63. The fourth-order valence-electron chi connectivity index (χ4n) is 3.45. The molecule has 1 aromatic heterocycles. The molecule has 1 unspecified atom stereocenters. The highest BCUT2D eigenvalue weighted by Crippen LogP contribution is 2.28. The van der Waals surface area contributed by atoms with Crippen molar-refractivity contribution in [1.82, 2.24) is 14.8 Å². The highest BCUT2D eigenvalue weighted by Gasteiger charge is 2.28. The molecular formula is C17H24N4O2. The Bertz CT molecular complexity index is 590. The fourth-order valence-corrected chi connectivity index (χ4v) is 3.45. The molecule has 124 valence electrons. The van der Waals surface area contributed by atoms with E-state index in [-0.39, 0.29) is 18.4 Å². The summed E-state index contributed by atoms with van der Waals surface area (Å²) >= 11 is 0. The largest absolute Gasteiger partial charge is 0.373 e. The number of amides is 2. The molecule has 0 aliphatic carbocycles. The van der Waals surface area contributed by atoms with Gasteiger partial charge in [0.1, 0.15) is 5.82 Å². The molecule has 1 N–H and O–H groups in total. The molecule has 2 aliphatic rings. The van der Waals surface area contributed by atoms with Gasteiger partial charge in [-0.25, -0.2) is 4.98 Å². The number of likely N-dealkylation sites (tertiary alicyclic amines) is 2. The summed E-state index contributed by atoms with van der Waals surface area (Å²) in [5.74, 6) is 1.39. The highest BCUT2D eigenvalue weighted by molar-refractivity contribution is 5.86. The lowest BCUT2D eigenvalue weighted by Crippen LogP contribution is -2.44. The Labute approximate surface area is 136 Å². The van der Waals surface area contributed by atoms with Gasteiger partial charge in [-0.15, -0.1) is 0 Å². The molecule has 2 saturated heterocycles. The van der Waals surface area contributed by atoms with Crippen LogP contribution in [0.4, 0.5) is 5.82 Å². The lowest BCUT2D eigenvalue weighted by Gasteiger charge is -2.34. The van der Waals surface area contributed by atoms with Gasteiger partial charge in [-0.2, -0.15) is 0 Å². The van der Waals surface area contributed by atoms with Crippen LogP contribution in [0, 0.1) is 0 Å².